The van der Waals surface area contributed by atoms with E-state index in [9.17, 15) is 28.0 Å². The number of nitrogens with one attached hydrogen (secondary N) is 2. The Morgan fingerprint density at radius 1 is 1.30 bits per heavy atom. The predicted molar refractivity (Wildman–Crippen MR) is 107 cm³/mol. The van der Waals surface area contributed by atoms with Crippen LogP contribution in [0.4, 0.5) is 18.2 Å². The first-order valence-electron chi connectivity index (χ1n) is 9.59. The summed E-state index contributed by atoms with van der Waals surface area (Å²) in [5.74, 6) is -2.38. The average molecular weight is 446 g/mol. The van der Waals surface area contributed by atoms with Gasteiger partial charge in [-0.15, -0.1) is 11.3 Å². The highest BCUT2D eigenvalue weighted by atomic mass is 32.1. The normalized spacial score (nSPS) is 18.6. The first kappa shape index (κ1) is 24.0. The number of alkyl halides is 3. The number of halogens is 3. The largest absolute Gasteiger partial charge is 0.466 e. The maximum Gasteiger partial charge on any atom is 0.441 e. The summed E-state index contributed by atoms with van der Waals surface area (Å²) in [4.78, 5) is 25.0. The van der Waals surface area contributed by atoms with E-state index in [4.69, 9.17) is 0 Å². The quantitative estimate of drug-likeness (QED) is 0.525. The van der Waals surface area contributed by atoms with Crippen molar-refractivity contribution in [2.45, 2.75) is 65.2 Å². The van der Waals surface area contributed by atoms with Gasteiger partial charge in [0, 0.05) is 11.3 Å². The molecule has 166 valence electrons. The van der Waals surface area contributed by atoms with Crippen molar-refractivity contribution in [2.75, 3.05) is 12.4 Å². The molecule has 1 amide bonds. The molecule has 6 nitrogen and oxygen atoms in total. The van der Waals surface area contributed by atoms with Gasteiger partial charge in [0.25, 0.3) is 0 Å². The number of nitriles is 1. The number of esters is 1. The van der Waals surface area contributed by atoms with Gasteiger partial charge in [-0.2, -0.15) is 18.4 Å². The third-order valence-electron chi connectivity index (χ3n) is 5.47. The third-order valence-corrected chi connectivity index (χ3v) is 6.64. The van der Waals surface area contributed by atoms with E-state index in [1.807, 2.05) is 6.07 Å². The van der Waals surface area contributed by atoms with Gasteiger partial charge in [0.05, 0.1) is 12.7 Å². The van der Waals surface area contributed by atoms with Crippen LogP contribution in [0, 0.1) is 22.7 Å². The summed E-state index contributed by atoms with van der Waals surface area (Å²) in [6.07, 6.45) is -3.46. The molecule has 0 saturated heterocycles. The van der Waals surface area contributed by atoms with Crippen LogP contribution in [0.25, 0.3) is 0 Å². The average Bonchev–Trinajstić information content (AvgIpc) is 3.00. The number of nitrogens with zero attached hydrogens (tertiary/aromatic N) is 1. The van der Waals surface area contributed by atoms with E-state index in [0.29, 0.717) is 24.3 Å². The molecule has 2 rings (SSSR count). The van der Waals surface area contributed by atoms with Crippen molar-refractivity contribution < 1.29 is 27.5 Å². The van der Waals surface area contributed by atoms with Gasteiger partial charge in [0.2, 0.25) is 5.91 Å². The Bertz CT molecular complexity index is 868. The van der Waals surface area contributed by atoms with Crippen LogP contribution in [0.5, 0.6) is 0 Å². The molecule has 1 aromatic rings. The number of hydrogen-bond donors (Lipinski definition) is 2. The molecule has 0 radical (unpaired) electrons. The fourth-order valence-electron chi connectivity index (χ4n) is 3.54. The van der Waals surface area contributed by atoms with E-state index in [1.54, 1.807) is 5.32 Å². The van der Waals surface area contributed by atoms with Crippen molar-refractivity contribution in [3.8, 4) is 6.07 Å². The van der Waals surface area contributed by atoms with Crippen LogP contribution in [-0.2, 0) is 27.2 Å². The van der Waals surface area contributed by atoms with Gasteiger partial charge >= 0.3 is 17.8 Å². The van der Waals surface area contributed by atoms with Gasteiger partial charge in [0.1, 0.15) is 11.1 Å². The predicted octanol–water partition coefficient (Wildman–Crippen LogP) is 4.14. The Labute approximate surface area is 177 Å². The van der Waals surface area contributed by atoms with Crippen LogP contribution in [0.2, 0.25) is 0 Å². The lowest BCUT2D eigenvalue weighted by atomic mass is 9.72. The highest BCUT2D eigenvalue weighted by Crippen LogP contribution is 2.45. The molecule has 1 aliphatic carbocycles. The number of hydrogen-bond acceptors (Lipinski definition) is 6. The topological polar surface area (TPSA) is 91.2 Å². The Kier molecular flexibility index (Phi) is 6.76. The van der Waals surface area contributed by atoms with Gasteiger partial charge in [-0.1, -0.05) is 27.7 Å². The highest BCUT2D eigenvalue weighted by molar-refractivity contribution is 7.16. The maximum atomic E-state index is 14.1. The highest BCUT2D eigenvalue weighted by Gasteiger charge is 2.63. The number of anilines is 1. The Morgan fingerprint density at radius 3 is 2.40 bits per heavy atom. The van der Waals surface area contributed by atoms with Crippen molar-refractivity contribution in [3.63, 3.8) is 0 Å². The minimum absolute atomic E-state index is 0.0128. The second-order valence-corrected chi connectivity index (χ2v) is 9.50. The second-order valence-electron chi connectivity index (χ2n) is 8.39. The lowest BCUT2D eigenvalue weighted by molar-refractivity contribution is -0.206. The van der Waals surface area contributed by atoms with E-state index in [-0.39, 0.29) is 22.4 Å². The number of carbonyl (C=O) groups is 2. The molecule has 10 heteroatoms. The molecule has 0 aliphatic heterocycles. The van der Waals surface area contributed by atoms with Crippen LogP contribution in [0.3, 0.4) is 0 Å². The first-order chi connectivity index (χ1) is 13.8. The van der Waals surface area contributed by atoms with Crippen LogP contribution in [0.1, 0.15) is 56.5 Å². The minimum Gasteiger partial charge on any atom is -0.466 e. The molecule has 0 fully saturated rings. The van der Waals surface area contributed by atoms with Crippen molar-refractivity contribution in [1.82, 2.24) is 5.32 Å². The first-order valence-corrected chi connectivity index (χ1v) is 10.4. The lowest BCUT2D eigenvalue weighted by Crippen LogP contribution is -2.69. The lowest BCUT2D eigenvalue weighted by Gasteiger charge is -2.34. The van der Waals surface area contributed by atoms with Crippen molar-refractivity contribution in [3.05, 3.63) is 16.0 Å². The summed E-state index contributed by atoms with van der Waals surface area (Å²) in [5, 5.41) is 13.4. The smallest absolute Gasteiger partial charge is 0.441 e. The molecule has 1 aromatic heterocycles. The molecular formula is C20H26F3N3O3S. The summed E-state index contributed by atoms with van der Waals surface area (Å²) < 4.78 is 46.6. The fourth-order valence-corrected chi connectivity index (χ4v) is 4.88. The Balaban J connectivity index is 2.56. The fraction of sp³-hybridized carbons (Fsp3) is 0.650. The monoisotopic (exact) mass is 445 g/mol. The molecule has 1 heterocycles. The Morgan fingerprint density at radius 2 is 1.93 bits per heavy atom. The van der Waals surface area contributed by atoms with E-state index >= 15 is 0 Å². The molecule has 0 aromatic carbocycles. The van der Waals surface area contributed by atoms with Crippen molar-refractivity contribution in [1.29, 1.82) is 5.26 Å². The molecule has 2 atom stereocenters. The van der Waals surface area contributed by atoms with Crippen molar-refractivity contribution in [2.24, 2.45) is 11.3 Å². The zero-order valence-electron chi connectivity index (χ0n) is 17.6. The number of carbonyl (C=O) groups excluding carboxylic acids is 2. The number of methoxy groups -OCH3 is 1. The molecule has 0 unspecified atom stereocenters. The van der Waals surface area contributed by atoms with Crippen LogP contribution >= 0.6 is 11.3 Å². The number of amides is 1. The minimum atomic E-state index is -5.21. The molecule has 0 saturated carbocycles. The molecule has 0 bridgehead atoms. The summed E-state index contributed by atoms with van der Waals surface area (Å²) in [7, 11) is 0.807. The summed E-state index contributed by atoms with van der Waals surface area (Å²) in [5.41, 5.74) is -2.70. The summed E-state index contributed by atoms with van der Waals surface area (Å²) >= 11 is 1.02. The Hall–Kier alpha value is -2.28. The van der Waals surface area contributed by atoms with Gasteiger partial charge in [-0.05, 0) is 36.2 Å². The SMILES string of the molecule is CCC(=O)N[C@@](Nc1sc2c(c1C#N)CC[C@@H](C(C)(C)C)C2)(C(=O)OC)C(F)(F)F. The van der Waals surface area contributed by atoms with Gasteiger partial charge in [-0.3, -0.25) is 4.79 Å². The second kappa shape index (κ2) is 8.46. The van der Waals surface area contributed by atoms with Crippen LogP contribution in [0.15, 0.2) is 0 Å². The molecule has 1 aliphatic rings. The zero-order chi connectivity index (χ0) is 22.9. The zero-order valence-corrected chi connectivity index (χ0v) is 18.4. The van der Waals surface area contributed by atoms with Crippen LogP contribution in [-0.4, -0.2) is 30.8 Å². The van der Waals surface area contributed by atoms with Gasteiger partial charge in [-0.25, -0.2) is 4.79 Å². The number of thiophene rings is 1. The van der Waals surface area contributed by atoms with Gasteiger partial charge < -0.3 is 15.4 Å². The van der Waals surface area contributed by atoms with E-state index in [0.717, 1.165) is 29.7 Å². The van der Waals surface area contributed by atoms with Crippen molar-refractivity contribution >= 4 is 28.2 Å². The van der Waals surface area contributed by atoms with Crippen LogP contribution < -0.4 is 10.6 Å². The van der Waals surface area contributed by atoms with E-state index in [1.165, 1.54) is 6.92 Å². The van der Waals surface area contributed by atoms with E-state index in [2.05, 4.69) is 30.8 Å². The number of ether oxygens (including phenoxy) is 1. The summed E-state index contributed by atoms with van der Waals surface area (Å²) in [6, 6.07) is 1.97. The molecular weight excluding hydrogens is 419 g/mol. The molecule has 2 N–H and O–H groups in total. The number of fused-ring (bicyclic) bond motifs is 1. The maximum absolute atomic E-state index is 14.1. The standard InChI is InChI=1S/C20H26F3N3O3S/c1-6-15(27)25-19(17(28)29-5,20(21,22)23)26-16-13(10-24)12-8-7-11(18(2,3)4)9-14(12)30-16/h11,26H,6-9H2,1-5H3,(H,25,27)/t11-,19-/m1/s1. The molecule has 0 spiro atoms. The molecule has 30 heavy (non-hydrogen) atoms. The van der Waals surface area contributed by atoms with Gasteiger partial charge in [0.15, 0.2) is 0 Å². The summed E-state index contributed by atoms with van der Waals surface area (Å²) in [6.45, 7) is 7.68. The number of rotatable bonds is 5. The third kappa shape index (κ3) is 4.41. The van der Waals surface area contributed by atoms with E-state index < -0.39 is 23.7 Å².